The van der Waals surface area contributed by atoms with Crippen molar-refractivity contribution in [2.24, 2.45) is 0 Å². The van der Waals surface area contributed by atoms with Gasteiger partial charge in [-0.1, -0.05) is 44.0 Å². The first-order chi connectivity index (χ1) is 21.0. The first-order valence-corrected chi connectivity index (χ1v) is 15.2. The van der Waals surface area contributed by atoms with Crippen molar-refractivity contribution >= 4 is 17.5 Å². The summed E-state index contributed by atoms with van der Waals surface area (Å²) in [6, 6.07) is 25.1. The molecule has 2 aliphatic rings. The van der Waals surface area contributed by atoms with E-state index in [9.17, 15) is 9.59 Å². The lowest BCUT2D eigenvalue weighted by Gasteiger charge is -2.40. The molecule has 0 saturated heterocycles. The number of carbonyl (C=O) groups excluding carboxylic acids is 2. The summed E-state index contributed by atoms with van der Waals surface area (Å²) in [6.07, 6.45) is 8.36. The van der Waals surface area contributed by atoms with Crippen molar-refractivity contribution in [2.45, 2.75) is 57.5 Å². The largest absolute Gasteiger partial charge is 0.497 e. The van der Waals surface area contributed by atoms with Crippen LogP contribution in [0.25, 0.3) is 5.69 Å². The van der Waals surface area contributed by atoms with Gasteiger partial charge in [-0.25, -0.2) is 0 Å². The summed E-state index contributed by atoms with van der Waals surface area (Å²) in [5, 5.41) is 0. The lowest BCUT2D eigenvalue weighted by atomic mass is 9.96. The Morgan fingerprint density at radius 1 is 0.884 bits per heavy atom. The van der Waals surface area contributed by atoms with E-state index in [4.69, 9.17) is 9.47 Å². The Morgan fingerprint density at radius 3 is 2.35 bits per heavy atom. The van der Waals surface area contributed by atoms with E-state index in [0.29, 0.717) is 17.1 Å². The van der Waals surface area contributed by atoms with Gasteiger partial charge >= 0.3 is 0 Å². The van der Waals surface area contributed by atoms with Crippen LogP contribution < -0.4 is 14.4 Å². The minimum atomic E-state index is -0.485. The van der Waals surface area contributed by atoms with Crippen molar-refractivity contribution in [2.75, 3.05) is 25.7 Å². The predicted octanol–water partition coefficient (Wildman–Crippen LogP) is 6.97. The summed E-state index contributed by atoms with van der Waals surface area (Å²) in [7, 11) is 3.26. The van der Waals surface area contributed by atoms with E-state index in [1.807, 2.05) is 77.8 Å². The van der Waals surface area contributed by atoms with Crippen LogP contribution in [0, 0.1) is 0 Å². The normalized spacial score (nSPS) is 15.4. The van der Waals surface area contributed by atoms with Crippen molar-refractivity contribution in [3.05, 3.63) is 107 Å². The highest BCUT2D eigenvalue weighted by molar-refractivity contribution is 6.03. The third-order valence-corrected chi connectivity index (χ3v) is 8.54. The van der Waals surface area contributed by atoms with Gasteiger partial charge in [0.15, 0.2) is 0 Å². The second-order valence-electron chi connectivity index (χ2n) is 11.4. The Hall–Kier alpha value is -4.52. The van der Waals surface area contributed by atoms with E-state index >= 15 is 0 Å². The van der Waals surface area contributed by atoms with Crippen molar-refractivity contribution in [1.82, 2.24) is 9.47 Å². The number of para-hydroxylation sites is 2. The van der Waals surface area contributed by atoms with Crippen LogP contribution in [-0.2, 0) is 11.2 Å². The van der Waals surface area contributed by atoms with E-state index in [1.165, 1.54) is 18.4 Å². The molecule has 6 rings (SSSR count). The summed E-state index contributed by atoms with van der Waals surface area (Å²) < 4.78 is 13.5. The number of rotatable bonds is 11. The molecular formula is C36H39N3O4. The first kappa shape index (κ1) is 28.6. The highest BCUT2D eigenvalue weighted by Crippen LogP contribution is 2.45. The number of fused-ring (bicyclic) bond motifs is 3. The molecule has 1 saturated carbocycles. The molecule has 1 aromatic heterocycles. The van der Waals surface area contributed by atoms with Crippen molar-refractivity contribution in [3.63, 3.8) is 0 Å². The maximum absolute atomic E-state index is 14.6. The second-order valence-corrected chi connectivity index (χ2v) is 11.4. The molecule has 0 N–H and O–H groups in total. The Kier molecular flexibility index (Phi) is 8.23. The Labute approximate surface area is 253 Å². The fourth-order valence-electron chi connectivity index (χ4n) is 6.14. The summed E-state index contributed by atoms with van der Waals surface area (Å²) in [4.78, 5) is 32.0. The third kappa shape index (κ3) is 5.64. The number of unbranched alkanes of at least 4 members (excludes halogenated alkanes) is 2. The standard InChI is InChI=1S/C36H39N3O4/c1-4-5-6-10-25-14-16-26(17-15-25)36(41)38(27-18-19-27)24-34(40)39-31-12-8-7-11-30(31)37-22-9-13-32(37)35(39)29-23-28(42-2)20-21-33(29)43-3/h7-9,11-17,20-23,27,35H,4-6,10,18-19,24H2,1-3H3. The Morgan fingerprint density at radius 2 is 1.65 bits per heavy atom. The van der Waals surface area contributed by atoms with Crippen LogP contribution in [0.2, 0.25) is 0 Å². The van der Waals surface area contributed by atoms with Gasteiger partial charge in [-0.3, -0.25) is 14.5 Å². The number of amides is 2. The molecule has 0 bridgehead atoms. The van der Waals surface area contributed by atoms with Crippen LogP contribution in [0.5, 0.6) is 11.5 Å². The molecule has 1 unspecified atom stereocenters. The molecule has 1 aliphatic heterocycles. The average molecular weight is 578 g/mol. The number of hydrogen-bond acceptors (Lipinski definition) is 4. The lowest BCUT2D eigenvalue weighted by molar-refractivity contribution is -0.119. The topological polar surface area (TPSA) is 64.0 Å². The number of carbonyl (C=O) groups is 2. The number of nitrogens with zero attached hydrogens (tertiary/aromatic N) is 3. The maximum atomic E-state index is 14.6. The van der Waals surface area contributed by atoms with Gasteiger partial charge < -0.3 is 18.9 Å². The molecule has 7 nitrogen and oxygen atoms in total. The lowest BCUT2D eigenvalue weighted by Crippen LogP contribution is -2.47. The van der Waals surface area contributed by atoms with Crippen molar-refractivity contribution in [3.8, 4) is 17.2 Å². The number of methoxy groups -OCH3 is 2. The van der Waals surface area contributed by atoms with Crippen LogP contribution in [0.1, 0.15) is 72.2 Å². The van der Waals surface area contributed by atoms with Gasteiger partial charge in [0, 0.05) is 23.4 Å². The minimum absolute atomic E-state index is 0.0143. The van der Waals surface area contributed by atoms with Gasteiger partial charge in [0.05, 0.1) is 31.3 Å². The van der Waals surface area contributed by atoms with Gasteiger partial charge in [-0.2, -0.15) is 0 Å². The zero-order valence-corrected chi connectivity index (χ0v) is 25.2. The van der Waals surface area contributed by atoms with E-state index in [1.54, 1.807) is 19.1 Å². The first-order valence-electron chi connectivity index (χ1n) is 15.2. The zero-order valence-electron chi connectivity index (χ0n) is 25.2. The van der Waals surface area contributed by atoms with E-state index in [-0.39, 0.29) is 24.4 Å². The Bertz CT molecular complexity index is 1600. The molecule has 4 aromatic rings. The van der Waals surface area contributed by atoms with Crippen LogP contribution in [0.4, 0.5) is 5.69 Å². The molecule has 2 amide bonds. The highest BCUT2D eigenvalue weighted by Gasteiger charge is 2.41. The number of aryl methyl sites for hydroxylation is 1. The summed E-state index contributed by atoms with van der Waals surface area (Å²) in [5.74, 6) is 1.09. The quantitative estimate of drug-likeness (QED) is 0.181. The number of ether oxygens (including phenoxy) is 2. The molecular weight excluding hydrogens is 538 g/mol. The summed E-state index contributed by atoms with van der Waals surface area (Å²) in [5.41, 5.74) is 5.30. The molecule has 0 spiro atoms. The summed E-state index contributed by atoms with van der Waals surface area (Å²) >= 11 is 0. The third-order valence-electron chi connectivity index (χ3n) is 8.54. The molecule has 1 aliphatic carbocycles. The molecule has 3 aromatic carbocycles. The van der Waals surface area contributed by atoms with Gasteiger partial charge in [-0.05, 0) is 85.8 Å². The predicted molar refractivity (Wildman–Crippen MR) is 168 cm³/mol. The number of aromatic nitrogens is 1. The maximum Gasteiger partial charge on any atom is 0.254 e. The number of benzene rings is 3. The van der Waals surface area contributed by atoms with Crippen molar-refractivity contribution in [1.29, 1.82) is 0 Å². The van der Waals surface area contributed by atoms with Crippen LogP contribution >= 0.6 is 0 Å². The van der Waals surface area contributed by atoms with Crippen molar-refractivity contribution < 1.29 is 19.1 Å². The average Bonchev–Trinajstić information content (AvgIpc) is 3.77. The SMILES string of the molecule is CCCCCc1ccc(C(=O)N(CC(=O)N2c3ccccc3-n3cccc3C2c2cc(OC)ccc2OC)C2CC2)cc1. The monoisotopic (exact) mass is 577 g/mol. The molecule has 2 heterocycles. The molecule has 7 heteroatoms. The number of anilines is 1. The molecule has 0 radical (unpaired) electrons. The van der Waals surface area contributed by atoms with E-state index < -0.39 is 6.04 Å². The minimum Gasteiger partial charge on any atom is -0.497 e. The fourth-order valence-corrected chi connectivity index (χ4v) is 6.14. The smallest absolute Gasteiger partial charge is 0.254 e. The molecule has 1 fully saturated rings. The van der Waals surface area contributed by atoms with Crippen LogP contribution in [0.15, 0.2) is 85.1 Å². The van der Waals surface area contributed by atoms with E-state index in [2.05, 4.69) is 23.6 Å². The van der Waals surface area contributed by atoms with Gasteiger partial charge in [0.1, 0.15) is 24.1 Å². The number of hydrogen-bond donors (Lipinski definition) is 0. The molecule has 43 heavy (non-hydrogen) atoms. The summed E-state index contributed by atoms with van der Waals surface area (Å²) in [6.45, 7) is 2.19. The zero-order chi connectivity index (χ0) is 29.9. The Balaban J connectivity index is 1.35. The second kappa shape index (κ2) is 12.4. The van der Waals surface area contributed by atoms with E-state index in [0.717, 1.165) is 48.3 Å². The molecule has 222 valence electrons. The van der Waals surface area contributed by atoms with Gasteiger partial charge in [0.25, 0.3) is 5.91 Å². The molecule has 1 atom stereocenters. The van der Waals surface area contributed by atoms with Gasteiger partial charge in [-0.15, -0.1) is 0 Å². The highest BCUT2D eigenvalue weighted by atomic mass is 16.5. The fraction of sp³-hybridized carbons (Fsp3) is 0.333. The van der Waals surface area contributed by atoms with Crippen LogP contribution in [0.3, 0.4) is 0 Å². The van der Waals surface area contributed by atoms with Gasteiger partial charge in [0.2, 0.25) is 5.91 Å². The van der Waals surface area contributed by atoms with Crippen LogP contribution in [-0.4, -0.2) is 48.1 Å².